The van der Waals surface area contributed by atoms with Crippen LogP contribution in [0.15, 0.2) is 59.2 Å². The minimum atomic E-state index is -0.224. The highest BCUT2D eigenvalue weighted by Crippen LogP contribution is 2.26. The monoisotopic (exact) mass is 350 g/mol. The van der Waals surface area contributed by atoms with Crippen LogP contribution in [0.4, 0.5) is 0 Å². The highest BCUT2D eigenvalue weighted by atomic mass is 16.3. The first kappa shape index (κ1) is 16.2. The van der Waals surface area contributed by atoms with Crippen molar-refractivity contribution < 1.29 is 19.1 Å². The summed E-state index contributed by atoms with van der Waals surface area (Å²) in [4.78, 5) is 28.4. The Morgan fingerprint density at radius 3 is 2.08 bits per heavy atom. The molecule has 26 heavy (non-hydrogen) atoms. The number of carbonyl (C=O) groups excluding carboxylic acids is 2. The maximum Gasteiger partial charge on any atom is 0.289 e. The fraction of sp³-hybridized carbons (Fsp3) is 0.200. The minimum Gasteiger partial charge on any atom is -0.507 e. The zero-order valence-corrected chi connectivity index (χ0v) is 14.1. The molecule has 2 heterocycles. The first-order valence-electron chi connectivity index (χ1n) is 8.47. The Balaban J connectivity index is 1.48. The number of fused-ring (bicyclic) bond motifs is 1. The zero-order chi connectivity index (χ0) is 18.1. The van der Waals surface area contributed by atoms with Crippen LogP contribution in [-0.2, 0) is 0 Å². The van der Waals surface area contributed by atoms with Gasteiger partial charge in [-0.25, -0.2) is 0 Å². The number of phenolic OH excluding ortho intramolecular Hbond substituents is 1. The summed E-state index contributed by atoms with van der Waals surface area (Å²) < 4.78 is 5.14. The summed E-state index contributed by atoms with van der Waals surface area (Å²) >= 11 is 0. The van der Waals surface area contributed by atoms with Crippen LogP contribution in [0, 0.1) is 0 Å². The number of rotatable bonds is 2. The maximum absolute atomic E-state index is 12.8. The van der Waals surface area contributed by atoms with Crippen molar-refractivity contribution in [3.05, 3.63) is 66.1 Å². The Kier molecular flexibility index (Phi) is 4.08. The largest absolute Gasteiger partial charge is 0.507 e. The predicted octanol–water partition coefficient (Wildman–Crippen LogP) is 2.74. The van der Waals surface area contributed by atoms with Gasteiger partial charge in [-0.3, -0.25) is 9.59 Å². The van der Waals surface area contributed by atoms with Gasteiger partial charge in [-0.2, -0.15) is 0 Å². The molecule has 1 N–H and O–H groups in total. The maximum atomic E-state index is 12.8. The molecule has 0 saturated carbocycles. The first-order chi connectivity index (χ1) is 12.6. The van der Waals surface area contributed by atoms with Crippen LogP contribution in [0.3, 0.4) is 0 Å². The van der Waals surface area contributed by atoms with Gasteiger partial charge in [0.1, 0.15) is 5.75 Å². The van der Waals surface area contributed by atoms with Gasteiger partial charge in [0.25, 0.3) is 11.8 Å². The predicted molar refractivity (Wildman–Crippen MR) is 96.1 cm³/mol. The summed E-state index contributed by atoms with van der Waals surface area (Å²) in [6.45, 7) is 1.69. The van der Waals surface area contributed by atoms with Crippen LogP contribution >= 0.6 is 0 Å². The Hall–Kier alpha value is -3.28. The third-order valence-corrected chi connectivity index (χ3v) is 4.68. The van der Waals surface area contributed by atoms with E-state index in [9.17, 15) is 14.7 Å². The van der Waals surface area contributed by atoms with Gasteiger partial charge in [0.2, 0.25) is 0 Å². The van der Waals surface area contributed by atoms with Crippen molar-refractivity contribution in [1.29, 1.82) is 0 Å². The lowest BCUT2D eigenvalue weighted by Gasteiger charge is -2.34. The van der Waals surface area contributed by atoms with Crippen LogP contribution in [-0.4, -0.2) is 52.9 Å². The molecule has 6 heteroatoms. The molecule has 0 spiro atoms. The molecule has 1 aromatic heterocycles. The second-order valence-electron chi connectivity index (χ2n) is 6.28. The molecule has 2 amide bonds. The van der Waals surface area contributed by atoms with Crippen molar-refractivity contribution in [2.24, 2.45) is 0 Å². The van der Waals surface area contributed by atoms with Gasteiger partial charge in [-0.15, -0.1) is 0 Å². The lowest BCUT2D eigenvalue weighted by molar-refractivity contribution is 0.0516. The highest BCUT2D eigenvalue weighted by molar-refractivity contribution is 6.01. The number of hydrogen-bond donors (Lipinski definition) is 1. The van der Waals surface area contributed by atoms with E-state index in [1.165, 1.54) is 6.26 Å². The quantitative estimate of drug-likeness (QED) is 0.771. The minimum absolute atomic E-state index is 0.0252. The summed E-state index contributed by atoms with van der Waals surface area (Å²) in [7, 11) is 0. The number of nitrogens with zero attached hydrogens (tertiary/aromatic N) is 2. The van der Waals surface area contributed by atoms with Crippen molar-refractivity contribution in [3.63, 3.8) is 0 Å². The van der Waals surface area contributed by atoms with Crippen molar-refractivity contribution in [2.45, 2.75) is 0 Å². The van der Waals surface area contributed by atoms with E-state index in [4.69, 9.17) is 4.42 Å². The molecule has 0 radical (unpaired) electrons. The van der Waals surface area contributed by atoms with Gasteiger partial charge in [0.05, 0.1) is 11.8 Å². The number of amides is 2. The molecule has 1 aliphatic rings. The van der Waals surface area contributed by atoms with Gasteiger partial charge in [0.15, 0.2) is 5.76 Å². The molecule has 3 aromatic rings. The average molecular weight is 350 g/mol. The topological polar surface area (TPSA) is 74.0 Å². The van der Waals surface area contributed by atoms with Crippen LogP contribution in [0.1, 0.15) is 20.9 Å². The number of benzene rings is 2. The number of phenols is 1. The van der Waals surface area contributed by atoms with Gasteiger partial charge in [-0.1, -0.05) is 24.3 Å². The molecule has 0 aliphatic carbocycles. The lowest BCUT2D eigenvalue weighted by Crippen LogP contribution is -2.50. The summed E-state index contributed by atoms with van der Waals surface area (Å²) in [6.07, 6.45) is 1.47. The average Bonchev–Trinajstić information content (AvgIpc) is 3.21. The van der Waals surface area contributed by atoms with Crippen molar-refractivity contribution >= 4 is 22.6 Å². The molecule has 0 unspecified atom stereocenters. The Labute approximate surface area is 150 Å². The third kappa shape index (κ3) is 2.90. The normalized spacial score (nSPS) is 14.6. The van der Waals surface area contributed by atoms with Gasteiger partial charge in [0, 0.05) is 26.2 Å². The molecule has 132 valence electrons. The van der Waals surface area contributed by atoms with E-state index in [0.29, 0.717) is 31.9 Å². The Morgan fingerprint density at radius 1 is 0.846 bits per heavy atom. The second kappa shape index (κ2) is 6.55. The van der Waals surface area contributed by atoms with E-state index in [1.54, 1.807) is 34.1 Å². The van der Waals surface area contributed by atoms with E-state index in [2.05, 4.69) is 0 Å². The molecule has 4 rings (SSSR count). The standard InChI is InChI=1S/C20H18N2O4/c23-17-13-15-5-2-1-4-14(15)12-16(17)19(24)21-7-9-22(10-8-21)20(25)18-6-3-11-26-18/h1-6,11-13,23H,7-10H2. The zero-order valence-electron chi connectivity index (χ0n) is 14.1. The van der Waals surface area contributed by atoms with E-state index in [-0.39, 0.29) is 23.1 Å². The number of piperazine rings is 1. The van der Waals surface area contributed by atoms with E-state index < -0.39 is 0 Å². The second-order valence-corrected chi connectivity index (χ2v) is 6.28. The van der Waals surface area contributed by atoms with Crippen molar-refractivity contribution in [2.75, 3.05) is 26.2 Å². The van der Waals surface area contributed by atoms with Crippen molar-refractivity contribution in [1.82, 2.24) is 9.80 Å². The number of carbonyl (C=O) groups is 2. The SMILES string of the molecule is O=C(c1ccco1)N1CCN(C(=O)c2cc3ccccc3cc2O)CC1. The third-order valence-electron chi connectivity index (χ3n) is 4.68. The van der Waals surface area contributed by atoms with E-state index >= 15 is 0 Å². The fourth-order valence-corrected chi connectivity index (χ4v) is 3.24. The summed E-state index contributed by atoms with van der Waals surface area (Å²) in [6, 6.07) is 14.2. The first-order valence-corrected chi connectivity index (χ1v) is 8.47. The molecule has 0 bridgehead atoms. The number of hydrogen-bond acceptors (Lipinski definition) is 4. The van der Waals surface area contributed by atoms with Crippen LogP contribution in [0.25, 0.3) is 10.8 Å². The van der Waals surface area contributed by atoms with Crippen LogP contribution < -0.4 is 0 Å². The summed E-state index contributed by atoms with van der Waals surface area (Å²) in [5, 5.41) is 12.0. The van der Waals surface area contributed by atoms with Gasteiger partial charge >= 0.3 is 0 Å². The van der Waals surface area contributed by atoms with Crippen LogP contribution in [0.5, 0.6) is 5.75 Å². The fourth-order valence-electron chi connectivity index (χ4n) is 3.24. The number of aromatic hydroxyl groups is 1. The van der Waals surface area contributed by atoms with Crippen LogP contribution in [0.2, 0.25) is 0 Å². The Bertz CT molecular complexity index is 957. The van der Waals surface area contributed by atoms with Gasteiger partial charge in [-0.05, 0) is 35.0 Å². The van der Waals surface area contributed by atoms with Crippen molar-refractivity contribution in [3.8, 4) is 5.75 Å². The highest BCUT2D eigenvalue weighted by Gasteiger charge is 2.27. The smallest absolute Gasteiger partial charge is 0.289 e. The molecule has 1 saturated heterocycles. The van der Waals surface area contributed by atoms with Gasteiger partial charge < -0.3 is 19.3 Å². The molecular weight excluding hydrogens is 332 g/mol. The molecule has 0 atom stereocenters. The van der Waals surface area contributed by atoms with E-state index in [1.807, 2.05) is 24.3 Å². The molecule has 2 aromatic carbocycles. The summed E-state index contributed by atoms with van der Waals surface area (Å²) in [5.74, 6) is -0.117. The number of furan rings is 1. The molecule has 1 aliphatic heterocycles. The molecule has 6 nitrogen and oxygen atoms in total. The molecule has 1 fully saturated rings. The van der Waals surface area contributed by atoms with E-state index in [0.717, 1.165) is 10.8 Å². The lowest BCUT2D eigenvalue weighted by atomic mass is 10.0. The summed E-state index contributed by atoms with van der Waals surface area (Å²) in [5.41, 5.74) is 0.287. The molecular formula is C20H18N2O4. The Morgan fingerprint density at radius 2 is 1.46 bits per heavy atom.